The lowest BCUT2D eigenvalue weighted by molar-refractivity contribution is -0.137. The molecule has 0 aromatic rings. The van der Waals surface area contributed by atoms with Gasteiger partial charge in [0.05, 0.1) is 11.6 Å². The molecule has 1 saturated heterocycles. The molecule has 1 saturated carbocycles. The molecular formula is C12H22N2O2. The van der Waals surface area contributed by atoms with E-state index in [0.29, 0.717) is 0 Å². The Hall–Kier alpha value is -0.610. The normalized spacial score (nSPS) is 27.9. The number of carbonyl (C=O) groups excluding carboxylic acids is 1. The van der Waals surface area contributed by atoms with Gasteiger partial charge < -0.3 is 15.4 Å². The second kappa shape index (κ2) is 4.72. The molecule has 2 N–H and O–H groups in total. The van der Waals surface area contributed by atoms with Crippen LogP contribution in [-0.4, -0.2) is 42.1 Å². The zero-order valence-corrected chi connectivity index (χ0v) is 10.1. The van der Waals surface area contributed by atoms with Gasteiger partial charge in [-0.25, -0.2) is 0 Å². The highest BCUT2D eigenvalue weighted by Gasteiger charge is 2.48. The summed E-state index contributed by atoms with van der Waals surface area (Å²) in [6, 6.07) is 0. The van der Waals surface area contributed by atoms with Crippen molar-refractivity contribution in [2.75, 3.05) is 19.7 Å². The minimum Gasteiger partial charge on any atom is -0.376 e. The SMILES string of the molecule is CCCO[C@H]1CCCN(C(=O)C2(N)CC2)C1. The van der Waals surface area contributed by atoms with Gasteiger partial charge >= 0.3 is 0 Å². The number of rotatable bonds is 4. The third kappa shape index (κ3) is 2.55. The van der Waals surface area contributed by atoms with E-state index < -0.39 is 5.54 Å². The van der Waals surface area contributed by atoms with E-state index in [2.05, 4.69) is 6.92 Å². The van der Waals surface area contributed by atoms with E-state index in [1.165, 1.54) is 0 Å². The number of carbonyl (C=O) groups is 1. The number of hydrogen-bond donors (Lipinski definition) is 1. The van der Waals surface area contributed by atoms with Crippen LogP contribution >= 0.6 is 0 Å². The van der Waals surface area contributed by atoms with Gasteiger partial charge in [-0.05, 0) is 32.1 Å². The Bertz CT molecular complexity index is 264. The average molecular weight is 226 g/mol. The minimum absolute atomic E-state index is 0.136. The summed E-state index contributed by atoms with van der Waals surface area (Å²) >= 11 is 0. The maximum atomic E-state index is 12.0. The Labute approximate surface area is 97.1 Å². The molecule has 0 unspecified atom stereocenters. The Morgan fingerprint density at radius 3 is 2.94 bits per heavy atom. The van der Waals surface area contributed by atoms with E-state index >= 15 is 0 Å². The molecule has 2 fully saturated rings. The van der Waals surface area contributed by atoms with E-state index in [1.807, 2.05) is 4.90 Å². The molecular weight excluding hydrogens is 204 g/mol. The van der Waals surface area contributed by atoms with Crippen molar-refractivity contribution in [2.45, 2.75) is 50.7 Å². The highest BCUT2D eigenvalue weighted by molar-refractivity contribution is 5.89. The number of hydrogen-bond acceptors (Lipinski definition) is 3. The quantitative estimate of drug-likeness (QED) is 0.774. The Morgan fingerprint density at radius 1 is 1.56 bits per heavy atom. The van der Waals surface area contributed by atoms with Crippen molar-refractivity contribution >= 4 is 5.91 Å². The number of nitrogens with two attached hydrogens (primary N) is 1. The lowest BCUT2D eigenvalue weighted by atomic mass is 10.1. The molecule has 0 bridgehead atoms. The van der Waals surface area contributed by atoms with Crippen LogP contribution in [0.1, 0.15) is 39.0 Å². The molecule has 0 aromatic carbocycles. The fourth-order valence-corrected chi connectivity index (χ4v) is 2.21. The van der Waals surface area contributed by atoms with Gasteiger partial charge in [0.2, 0.25) is 5.91 Å². The lowest BCUT2D eigenvalue weighted by Crippen LogP contribution is -2.51. The summed E-state index contributed by atoms with van der Waals surface area (Å²) in [5.41, 5.74) is 5.41. The number of likely N-dealkylation sites (tertiary alicyclic amines) is 1. The van der Waals surface area contributed by atoms with Crippen LogP contribution in [-0.2, 0) is 9.53 Å². The van der Waals surface area contributed by atoms with Crippen LogP contribution in [0, 0.1) is 0 Å². The van der Waals surface area contributed by atoms with Crippen molar-refractivity contribution in [3.05, 3.63) is 0 Å². The summed E-state index contributed by atoms with van der Waals surface area (Å²) < 4.78 is 5.71. The highest BCUT2D eigenvalue weighted by Crippen LogP contribution is 2.34. The van der Waals surface area contributed by atoms with Crippen molar-refractivity contribution in [3.63, 3.8) is 0 Å². The van der Waals surface area contributed by atoms with Gasteiger partial charge in [-0.2, -0.15) is 0 Å². The van der Waals surface area contributed by atoms with Crippen LogP contribution in [0.4, 0.5) is 0 Å². The van der Waals surface area contributed by atoms with E-state index in [4.69, 9.17) is 10.5 Å². The van der Waals surface area contributed by atoms with Crippen molar-refractivity contribution in [1.29, 1.82) is 0 Å². The van der Waals surface area contributed by atoms with Gasteiger partial charge in [0.1, 0.15) is 0 Å². The van der Waals surface area contributed by atoms with Crippen molar-refractivity contribution in [1.82, 2.24) is 4.90 Å². The first-order valence-corrected chi connectivity index (χ1v) is 6.35. The minimum atomic E-state index is -0.521. The van der Waals surface area contributed by atoms with E-state index in [0.717, 1.165) is 51.8 Å². The Balaban J connectivity index is 1.84. The molecule has 1 amide bonds. The third-order valence-electron chi connectivity index (χ3n) is 3.44. The standard InChI is InChI=1S/C12H22N2O2/c1-2-8-16-10-4-3-7-14(9-10)11(15)12(13)5-6-12/h10H,2-9,13H2,1H3/t10-/m0/s1. The average Bonchev–Trinajstić information content (AvgIpc) is 3.05. The fourth-order valence-electron chi connectivity index (χ4n) is 2.21. The summed E-state index contributed by atoms with van der Waals surface area (Å²) in [5, 5.41) is 0. The van der Waals surface area contributed by atoms with Crippen molar-refractivity contribution < 1.29 is 9.53 Å². The summed E-state index contributed by atoms with van der Waals surface area (Å²) in [5.74, 6) is 0.136. The van der Waals surface area contributed by atoms with Crippen LogP contribution in [0.3, 0.4) is 0 Å². The van der Waals surface area contributed by atoms with Gasteiger partial charge in [0.15, 0.2) is 0 Å². The van der Waals surface area contributed by atoms with Gasteiger partial charge in [-0.15, -0.1) is 0 Å². The second-order valence-corrected chi connectivity index (χ2v) is 5.04. The smallest absolute Gasteiger partial charge is 0.242 e. The molecule has 2 rings (SSSR count). The van der Waals surface area contributed by atoms with Gasteiger partial charge in [0.25, 0.3) is 0 Å². The molecule has 92 valence electrons. The molecule has 1 heterocycles. The first kappa shape index (κ1) is 11.9. The molecule has 0 aromatic heterocycles. The molecule has 1 aliphatic carbocycles. The predicted octanol–water partition coefficient (Wildman–Crippen LogP) is 0.895. The molecule has 0 radical (unpaired) electrons. The largest absolute Gasteiger partial charge is 0.376 e. The maximum Gasteiger partial charge on any atom is 0.242 e. The molecule has 16 heavy (non-hydrogen) atoms. The number of piperidine rings is 1. The fraction of sp³-hybridized carbons (Fsp3) is 0.917. The summed E-state index contributed by atoms with van der Waals surface area (Å²) in [6.45, 7) is 4.48. The van der Waals surface area contributed by atoms with E-state index in [9.17, 15) is 4.79 Å². The molecule has 1 aliphatic heterocycles. The zero-order chi connectivity index (χ0) is 11.6. The monoisotopic (exact) mass is 226 g/mol. The molecule has 2 aliphatic rings. The number of nitrogens with zero attached hydrogens (tertiary/aromatic N) is 1. The summed E-state index contributed by atoms with van der Waals surface area (Å²) in [7, 11) is 0. The number of amides is 1. The summed E-state index contributed by atoms with van der Waals surface area (Å²) in [6.07, 6.45) is 5.06. The van der Waals surface area contributed by atoms with Gasteiger partial charge in [-0.1, -0.05) is 6.92 Å². The number of ether oxygens (including phenoxy) is 1. The lowest BCUT2D eigenvalue weighted by Gasteiger charge is -2.34. The highest BCUT2D eigenvalue weighted by atomic mass is 16.5. The van der Waals surface area contributed by atoms with Crippen LogP contribution in [0.5, 0.6) is 0 Å². The van der Waals surface area contributed by atoms with Crippen LogP contribution < -0.4 is 5.73 Å². The van der Waals surface area contributed by atoms with E-state index in [-0.39, 0.29) is 12.0 Å². The Kier molecular flexibility index (Phi) is 3.50. The van der Waals surface area contributed by atoms with Gasteiger partial charge in [-0.3, -0.25) is 4.79 Å². The third-order valence-corrected chi connectivity index (χ3v) is 3.44. The van der Waals surface area contributed by atoms with Crippen LogP contribution in [0.25, 0.3) is 0 Å². The topological polar surface area (TPSA) is 55.6 Å². The Morgan fingerprint density at radius 2 is 2.31 bits per heavy atom. The molecule has 1 atom stereocenters. The zero-order valence-electron chi connectivity index (χ0n) is 10.1. The van der Waals surface area contributed by atoms with Crippen LogP contribution in [0.15, 0.2) is 0 Å². The van der Waals surface area contributed by atoms with E-state index in [1.54, 1.807) is 0 Å². The second-order valence-electron chi connectivity index (χ2n) is 5.04. The molecule has 4 nitrogen and oxygen atoms in total. The summed E-state index contributed by atoms with van der Waals surface area (Å²) in [4.78, 5) is 13.9. The molecule has 0 spiro atoms. The van der Waals surface area contributed by atoms with Crippen LogP contribution in [0.2, 0.25) is 0 Å². The van der Waals surface area contributed by atoms with Gasteiger partial charge in [0, 0.05) is 19.7 Å². The maximum absolute atomic E-state index is 12.0. The van der Waals surface area contributed by atoms with Crippen molar-refractivity contribution in [2.24, 2.45) is 5.73 Å². The first-order chi connectivity index (χ1) is 7.65. The predicted molar refractivity (Wildman–Crippen MR) is 62.0 cm³/mol. The first-order valence-electron chi connectivity index (χ1n) is 6.35. The molecule has 4 heteroatoms. The van der Waals surface area contributed by atoms with Crippen molar-refractivity contribution in [3.8, 4) is 0 Å².